The van der Waals surface area contributed by atoms with Gasteiger partial charge in [0.25, 0.3) is 0 Å². The van der Waals surface area contributed by atoms with Crippen LogP contribution in [-0.4, -0.2) is 51.3 Å². The van der Waals surface area contributed by atoms with E-state index in [9.17, 15) is 0 Å². The van der Waals surface area contributed by atoms with E-state index in [0.29, 0.717) is 6.54 Å². The lowest BCUT2D eigenvalue weighted by atomic mass is 10.1. The summed E-state index contributed by atoms with van der Waals surface area (Å²) in [5.74, 6) is 0.894. The monoisotopic (exact) mass is 352 g/mol. The molecule has 1 N–H and O–H groups in total. The van der Waals surface area contributed by atoms with Gasteiger partial charge in [-0.05, 0) is 17.2 Å². The van der Waals surface area contributed by atoms with Gasteiger partial charge in [0.1, 0.15) is 0 Å². The molecule has 3 rings (SSSR count). The van der Waals surface area contributed by atoms with Gasteiger partial charge in [0.05, 0.1) is 19.8 Å². The van der Waals surface area contributed by atoms with Gasteiger partial charge in [-0.15, -0.1) is 0 Å². The van der Waals surface area contributed by atoms with E-state index in [-0.39, 0.29) is 0 Å². The molecular weight excluding hydrogens is 324 g/mol. The molecule has 2 aromatic rings. The number of nitrogens with zero attached hydrogens (tertiary/aromatic N) is 3. The number of para-hydroxylation sites is 1. The molecule has 0 unspecified atom stereocenters. The minimum atomic E-state index is 0.673. The van der Waals surface area contributed by atoms with Crippen LogP contribution in [0.1, 0.15) is 11.1 Å². The van der Waals surface area contributed by atoms with E-state index in [1.807, 2.05) is 37.2 Å². The van der Waals surface area contributed by atoms with Crippen molar-refractivity contribution in [3.63, 3.8) is 0 Å². The van der Waals surface area contributed by atoms with Crippen LogP contribution in [0.5, 0.6) is 0 Å². The first kappa shape index (κ1) is 18.3. The molecule has 138 valence electrons. The third kappa shape index (κ3) is 4.99. The second kappa shape index (κ2) is 9.25. The van der Waals surface area contributed by atoms with E-state index in [1.54, 1.807) is 0 Å². The molecular formula is C21H28N4O. The van der Waals surface area contributed by atoms with Crippen molar-refractivity contribution in [1.29, 1.82) is 0 Å². The van der Waals surface area contributed by atoms with Gasteiger partial charge >= 0.3 is 0 Å². The van der Waals surface area contributed by atoms with Gasteiger partial charge in [-0.25, -0.2) is 4.99 Å². The molecule has 0 bridgehead atoms. The normalized spacial score (nSPS) is 15.0. The Balaban J connectivity index is 1.67. The van der Waals surface area contributed by atoms with Crippen molar-refractivity contribution in [3.8, 4) is 0 Å². The predicted molar refractivity (Wildman–Crippen MR) is 108 cm³/mol. The lowest BCUT2D eigenvalue weighted by Crippen LogP contribution is -2.38. The molecule has 0 spiro atoms. The quantitative estimate of drug-likeness (QED) is 0.663. The predicted octanol–water partition coefficient (Wildman–Crippen LogP) is 2.73. The van der Waals surface area contributed by atoms with Crippen LogP contribution in [0, 0.1) is 0 Å². The summed E-state index contributed by atoms with van der Waals surface area (Å²) in [5.41, 5.74) is 3.77. The molecule has 1 fully saturated rings. The molecule has 0 amide bonds. The Morgan fingerprint density at radius 2 is 1.73 bits per heavy atom. The van der Waals surface area contributed by atoms with Gasteiger partial charge in [-0.1, -0.05) is 48.5 Å². The second-order valence-corrected chi connectivity index (χ2v) is 6.60. The number of benzene rings is 2. The van der Waals surface area contributed by atoms with Crippen molar-refractivity contribution >= 4 is 11.6 Å². The van der Waals surface area contributed by atoms with E-state index in [1.165, 1.54) is 16.8 Å². The number of morpholine rings is 1. The first-order chi connectivity index (χ1) is 12.7. The highest BCUT2D eigenvalue weighted by Gasteiger charge is 2.14. The summed E-state index contributed by atoms with van der Waals surface area (Å²) < 4.78 is 5.48. The third-order valence-electron chi connectivity index (χ3n) is 4.46. The Kier molecular flexibility index (Phi) is 6.50. The van der Waals surface area contributed by atoms with Gasteiger partial charge in [-0.2, -0.15) is 0 Å². The maximum Gasteiger partial charge on any atom is 0.194 e. The number of guanidine groups is 1. The summed E-state index contributed by atoms with van der Waals surface area (Å²) in [6.07, 6.45) is 0. The Labute approximate surface area is 156 Å². The average molecular weight is 352 g/mol. The van der Waals surface area contributed by atoms with Crippen LogP contribution >= 0.6 is 0 Å². The zero-order valence-corrected chi connectivity index (χ0v) is 15.7. The molecule has 2 aromatic carbocycles. The van der Waals surface area contributed by atoms with E-state index < -0.39 is 0 Å². The van der Waals surface area contributed by atoms with Crippen molar-refractivity contribution in [2.75, 3.05) is 45.3 Å². The van der Waals surface area contributed by atoms with Crippen molar-refractivity contribution in [3.05, 3.63) is 65.7 Å². The van der Waals surface area contributed by atoms with Gasteiger partial charge in [-0.3, -0.25) is 0 Å². The Hall–Kier alpha value is -2.53. The summed E-state index contributed by atoms with van der Waals surface area (Å²) in [6.45, 7) is 4.90. The number of hydrogen-bond donors (Lipinski definition) is 1. The third-order valence-corrected chi connectivity index (χ3v) is 4.46. The Morgan fingerprint density at radius 1 is 1.04 bits per heavy atom. The summed E-state index contributed by atoms with van der Waals surface area (Å²) in [6, 6.07) is 18.9. The summed E-state index contributed by atoms with van der Waals surface area (Å²) >= 11 is 0. The van der Waals surface area contributed by atoms with Crippen molar-refractivity contribution < 1.29 is 4.74 Å². The van der Waals surface area contributed by atoms with E-state index >= 15 is 0 Å². The lowest BCUT2D eigenvalue weighted by Gasteiger charge is -2.31. The number of rotatable bonds is 5. The van der Waals surface area contributed by atoms with E-state index in [4.69, 9.17) is 9.73 Å². The Morgan fingerprint density at radius 3 is 2.46 bits per heavy atom. The van der Waals surface area contributed by atoms with Gasteiger partial charge in [0.2, 0.25) is 0 Å². The van der Waals surface area contributed by atoms with Gasteiger partial charge in [0.15, 0.2) is 5.96 Å². The molecule has 26 heavy (non-hydrogen) atoms. The molecule has 5 heteroatoms. The molecule has 0 radical (unpaired) electrons. The number of ether oxygens (including phenoxy) is 1. The summed E-state index contributed by atoms with van der Waals surface area (Å²) in [4.78, 5) is 9.18. The van der Waals surface area contributed by atoms with Crippen molar-refractivity contribution in [2.24, 2.45) is 4.99 Å². The van der Waals surface area contributed by atoms with Crippen LogP contribution in [0.25, 0.3) is 0 Å². The minimum Gasteiger partial charge on any atom is -0.378 e. The van der Waals surface area contributed by atoms with Crippen LogP contribution in [0.4, 0.5) is 5.69 Å². The summed E-state index contributed by atoms with van der Waals surface area (Å²) in [5, 5.41) is 3.50. The van der Waals surface area contributed by atoms with Crippen molar-refractivity contribution in [1.82, 2.24) is 10.2 Å². The first-order valence-corrected chi connectivity index (χ1v) is 9.14. The molecule has 1 aliphatic heterocycles. The fourth-order valence-electron chi connectivity index (χ4n) is 3.05. The highest BCUT2D eigenvalue weighted by atomic mass is 16.5. The first-order valence-electron chi connectivity index (χ1n) is 9.14. The fourth-order valence-corrected chi connectivity index (χ4v) is 3.05. The van der Waals surface area contributed by atoms with Gasteiger partial charge in [0, 0.05) is 39.4 Å². The Bertz CT molecular complexity index is 709. The van der Waals surface area contributed by atoms with Crippen LogP contribution in [0.2, 0.25) is 0 Å². The average Bonchev–Trinajstić information content (AvgIpc) is 2.69. The standard InChI is InChI=1S/C21H28N4O/c1-24(2)21(22-16-18-8-4-3-5-9-18)23-17-19-10-6-7-11-20(19)25-12-14-26-15-13-25/h3-11H,12-17H2,1-2H3,(H,22,23). The molecule has 0 aliphatic carbocycles. The molecule has 1 saturated heterocycles. The fraction of sp³-hybridized carbons (Fsp3) is 0.381. The van der Waals surface area contributed by atoms with Crippen LogP contribution in [0.3, 0.4) is 0 Å². The summed E-state index contributed by atoms with van der Waals surface area (Å²) in [7, 11) is 4.04. The number of anilines is 1. The highest BCUT2D eigenvalue weighted by molar-refractivity contribution is 5.79. The topological polar surface area (TPSA) is 40.1 Å². The maximum absolute atomic E-state index is 5.48. The molecule has 1 aliphatic rings. The zero-order valence-electron chi connectivity index (χ0n) is 15.7. The van der Waals surface area contributed by atoms with Crippen LogP contribution in [-0.2, 0) is 17.8 Å². The van der Waals surface area contributed by atoms with E-state index in [2.05, 4.69) is 46.6 Å². The molecule has 0 aromatic heterocycles. The molecule has 0 atom stereocenters. The number of aliphatic imine (C=N–C) groups is 1. The van der Waals surface area contributed by atoms with Gasteiger partial charge < -0.3 is 19.9 Å². The smallest absolute Gasteiger partial charge is 0.194 e. The molecule has 1 heterocycles. The molecule has 5 nitrogen and oxygen atoms in total. The lowest BCUT2D eigenvalue weighted by molar-refractivity contribution is 0.122. The second-order valence-electron chi connectivity index (χ2n) is 6.60. The number of hydrogen-bond acceptors (Lipinski definition) is 3. The van der Waals surface area contributed by atoms with Crippen LogP contribution < -0.4 is 10.2 Å². The van der Waals surface area contributed by atoms with Crippen molar-refractivity contribution in [2.45, 2.75) is 13.1 Å². The number of nitrogens with one attached hydrogen (secondary N) is 1. The van der Waals surface area contributed by atoms with Crippen LogP contribution in [0.15, 0.2) is 59.6 Å². The largest absolute Gasteiger partial charge is 0.378 e. The van der Waals surface area contributed by atoms with E-state index in [0.717, 1.165) is 38.8 Å². The zero-order chi connectivity index (χ0) is 18.2. The highest BCUT2D eigenvalue weighted by Crippen LogP contribution is 2.21. The molecule has 0 saturated carbocycles. The SMILES string of the molecule is CN(C)C(=NCc1ccccc1)NCc1ccccc1N1CCOCC1. The maximum atomic E-state index is 5.48. The minimum absolute atomic E-state index is 0.673.